The summed E-state index contributed by atoms with van der Waals surface area (Å²) in [5.41, 5.74) is 6.51. The molecule has 3 heteroatoms. The molecule has 9 aromatic rings. The molecule has 2 nitrogen and oxygen atoms in total. The number of fused-ring (bicyclic) bond motifs is 9. The third-order valence-corrected chi connectivity index (χ3v) is 9.65. The average Bonchev–Trinajstić information content (AvgIpc) is 3.47. The highest BCUT2D eigenvalue weighted by Crippen LogP contribution is 2.41. The SMILES string of the molecule is c1ccc(-c2nc(-c3ccc(-c4ccc5c6ccccc6c6ccccc6c5c4)cc3)c3sc4ccccc4c3n2)cc1. The number of benzene rings is 7. The summed E-state index contributed by atoms with van der Waals surface area (Å²) in [6.07, 6.45) is 0. The molecule has 0 aliphatic heterocycles. The predicted octanol–water partition coefficient (Wildman–Crippen LogP) is 11.3. The highest BCUT2D eigenvalue weighted by Gasteiger charge is 2.17. The van der Waals surface area contributed by atoms with Gasteiger partial charge >= 0.3 is 0 Å². The first-order valence-electron chi connectivity index (χ1n) is 14.5. The summed E-state index contributed by atoms with van der Waals surface area (Å²) >= 11 is 1.77. The second-order valence-electron chi connectivity index (χ2n) is 11.0. The van der Waals surface area contributed by atoms with Crippen LogP contribution in [0.4, 0.5) is 0 Å². The van der Waals surface area contributed by atoms with Gasteiger partial charge in [0.15, 0.2) is 5.82 Å². The van der Waals surface area contributed by atoms with Gasteiger partial charge in [-0.05, 0) is 55.6 Å². The van der Waals surface area contributed by atoms with Crippen molar-refractivity contribution in [3.05, 3.63) is 146 Å². The van der Waals surface area contributed by atoms with Crippen LogP contribution in [0.5, 0.6) is 0 Å². The Balaban J connectivity index is 1.21. The maximum atomic E-state index is 5.14. The topological polar surface area (TPSA) is 25.8 Å². The first kappa shape index (κ1) is 24.2. The maximum absolute atomic E-state index is 5.14. The zero-order chi connectivity index (χ0) is 28.3. The van der Waals surface area contributed by atoms with E-state index in [2.05, 4.69) is 127 Å². The molecule has 0 saturated heterocycles. The molecule has 2 heterocycles. The first-order chi connectivity index (χ1) is 21.3. The molecule has 0 N–H and O–H groups in total. The Bertz CT molecular complexity index is 2460. The van der Waals surface area contributed by atoms with Crippen LogP contribution in [0.15, 0.2) is 146 Å². The van der Waals surface area contributed by atoms with E-state index in [9.17, 15) is 0 Å². The van der Waals surface area contributed by atoms with Crippen LogP contribution in [0.1, 0.15) is 0 Å². The molecule has 0 saturated carbocycles. The van der Waals surface area contributed by atoms with Gasteiger partial charge in [-0.1, -0.05) is 133 Å². The molecule has 2 aromatic heterocycles. The second kappa shape index (κ2) is 9.59. The van der Waals surface area contributed by atoms with Gasteiger partial charge in [0.25, 0.3) is 0 Å². The van der Waals surface area contributed by atoms with Gasteiger partial charge in [0, 0.05) is 21.2 Å². The smallest absolute Gasteiger partial charge is 0.160 e. The van der Waals surface area contributed by atoms with Crippen LogP contribution in [0, 0.1) is 0 Å². The third-order valence-electron chi connectivity index (χ3n) is 8.49. The lowest BCUT2D eigenvalue weighted by Gasteiger charge is -2.12. The largest absolute Gasteiger partial charge is 0.226 e. The number of aromatic nitrogens is 2. The van der Waals surface area contributed by atoms with E-state index in [1.807, 2.05) is 18.2 Å². The fourth-order valence-corrected chi connectivity index (χ4v) is 7.56. The van der Waals surface area contributed by atoms with Gasteiger partial charge in [-0.15, -0.1) is 11.3 Å². The van der Waals surface area contributed by atoms with E-state index in [1.165, 1.54) is 53.5 Å². The monoisotopic (exact) mass is 564 g/mol. The lowest BCUT2D eigenvalue weighted by Crippen LogP contribution is -1.93. The van der Waals surface area contributed by atoms with Gasteiger partial charge in [-0.2, -0.15) is 0 Å². The van der Waals surface area contributed by atoms with Crippen LogP contribution >= 0.6 is 11.3 Å². The van der Waals surface area contributed by atoms with Gasteiger partial charge in [-0.3, -0.25) is 0 Å². The number of hydrogen-bond acceptors (Lipinski definition) is 3. The van der Waals surface area contributed by atoms with Crippen LogP contribution in [0.3, 0.4) is 0 Å². The minimum Gasteiger partial charge on any atom is -0.226 e. The molecule has 0 unspecified atom stereocenters. The zero-order valence-corrected chi connectivity index (χ0v) is 24.0. The van der Waals surface area contributed by atoms with E-state index in [0.29, 0.717) is 0 Å². The van der Waals surface area contributed by atoms with Crippen molar-refractivity contribution < 1.29 is 0 Å². The van der Waals surface area contributed by atoms with Crippen molar-refractivity contribution in [2.75, 3.05) is 0 Å². The van der Waals surface area contributed by atoms with Crippen molar-refractivity contribution in [1.82, 2.24) is 9.97 Å². The first-order valence-corrected chi connectivity index (χ1v) is 15.3. The maximum Gasteiger partial charge on any atom is 0.160 e. The molecule has 0 atom stereocenters. The van der Waals surface area contributed by atoms with E-state index >= 15 is 0 Å². The molecule has 0 bridgehead atoms. The third kappa shape index (κ3) is 3.86. The van der Waals surface area contributed by atoms with Crippen molar-refractivity contribution in [3.63, 3.8) is 0 Å². The van der Waals surface area contributed by atoms with Crippen LogP contribution in [0.25, 0.3) is 86.4 Å². The molecule has 7 aromatic carbocycles. The van der Waals surface area contributed by atoms with Crippen LogP contribution in [-0.4, -0.2) is 9.97 Å². The van der Waals surface area contributed by atoms with E-state index in [4.69, 9.17) is 9.97 Å². The van der Waals surface area contributed by atoms with E-state index in [-0.39, 0.29) is 0 Å². The van der Waals surface area contributed by atoms with Gasteiger partial charge in [0.1, 0.15) is 0 Å². The molecule has 0 fully saturated rings. The van der Waals surface area contributed by atoms with Crippen molar-refractivity contribution >= 4 is 64.0 Å². The molecule has 9 rings (SSSR count). The quantitative estimate of drug-likeness (QED) is 0.199. The molecule has 0 radical (unpaired) electrons. The number of nitrogens with zero attached hydrogens (tertiary/aromatic N) is 2. The molecule has 0 spiro atoms. The Morgan fingerprint density at radius 3 is 1.60 bits per heavy atom. The Hall–Kier alpha value is -5.38. The van der Waals surface area contributed by atoms with Gasteiger partial charge in [0.2, 0.25) is 0 Å². The fourth-order valence-electron chi connectivity index (χ4n) is 6.41. The Morgan fingerprint density at radius 2 is 0.907 bits per heavy atom. The van der Waals surface area contributed by atoms with Crippen molar-refractivity contribution in [2.45, 2.75) is 0 Å². The average molecular weight is 565 g/mol. The summed E-state index contributed by atoms with van der Waals surface area (Å²) in [5.74, 6) is 0.754. The van der Waals surface area contributed by atoms with Crippen LogP contribution in [-0.2, 0) is 0 Å². The Morgan fingerprint density at radius 1 is 0.372 bits per heavy atom. The van der Waals surface area contributed by atoms with E-state index in [0.717, 1.165) is 32.9 Å². The van der Waals surface area contributed by atoms with Crippen molar-refractivity contribution in [3.8, 4) is 33.8 Å². The van der Waals surface area contributed by atoms with E-state index < -0.39 is 0 Å². The molecular weight excluding hydrogens is 541 g/mol. The minimum atomic E-state index is 0.754. The lowest BCUT2D eigenvalue weighted by molar-refractivity contribution is 1.24. The van der Waals surface area contributed by atoms with Gasteiger partial charge in [-0.25, -0.2) is 9.97 Å². The number of rotatable bonds is 3. The van der Waals surface area contributed by atoms with Crippen LogP contribution in [0.2, 0.25) is 0 Å². The lowest BCUT2D eigenvalue weighted by atomic mass is 9.92. The summed E-state index contributed by atoms with van der Waals surface area (Å²) in [4.78, 5) is 10.2. The molecule has 0 aliphatic carbocycles. The predicted molar refractivity (Wildman–Crippen MR) is 184 cm³/mol. The Labute approximate surface area is 252 Å². The van der Waals surface area contributed by atoms with Gasteiger partial charge < -0.3 is 0 Å². The molecule has 0 amide bonds. The molecule has 43 heavy (non-hydrogen) atoms. The van der Waals surface area contributed by atoms with E-state index in [1.54, 1.807) is 11.3 Å². The van der Waals surface area contributed by atoms with Crippen molar-refractivity contribution in [2.24, 2.45) is 0 Å². The standard InChI is InChI=1S/C40H24N2S/c1-2-10-27(11-3-1)40-41-37(39-38(42-40)34-16-8-9-17-36(34)43-39)26-20-18-25(19-21-26)28-22-23-33-31-14-5-4-12-29(31)30-13-6-7-15-32(30)35(33)24-28/h1-24H. The van der Waals surface area contributed by atoms with Crippen molar-refractivity contribution in [1.29, 1.82) is 0 Å². The van der Waals surface area contributed by atoms with Crippen LogP contribution < -0.4 is 0 Å². The fraction of sp³-hybridized carbons (Fsp3) is 0. The normalized spacial score (nSPS) is 11.7. The summed E-state index contributed by atoms with van der Waals surface area (Å²) in [6, 6.07) is 52.0. The molecule has 0 aliphatic rings. The Kier molecular flexibility index (Phi) is 5.40. The molecule has 200 valence electrons. The number of thiophene rings is 1. The minimum absolute atomic E-state index is 0.754. The summed E-state index contributed by atoms with van der Waals surface area (Å²) < 4.78 is 2.35. The van der Waals surface area contributed by atoms with Gasteiger partial charge in [0.05, 0.1) is 15.9 Å². The summed E-state index contributed by atoms with van der Waals surface area (Å²) in [6.45, 7) is 0. The summed E-state index contributed by atoms with van der Waals surface area (Å²) in [7, 11) is 0. The summed E-state index contributed by atoms with van der Waals surface area (Å²) in [5, 5.41) is 8.93. The molecular formula is C40H24N2S. The zero-order valence-electron chi connectivity index (χ0n) is 23.2. The highest BCUT2D eigenvalue weighted by atomic mass is 32.1. The number of hydrogen-bond donors (Lipinski definition) is 0. The second-order valence-corrected chi connectivity index (χ2v) is 12.0. The highest BCUT2D eigenvalue weighted by molar-refractivity contribution is 7.26.